The van der Waals surface area contributed by atoms with Crippen LogP contribution in [0, 0.1) is 19.8 Å². The van der Waals surface area contributed by atoms with E-state index in [1.165, 1.54) is 37.1 Å². The highest BCUT2D eigenvalue weighted by molar-refractivity contribution is 9.10. The normalized spacial score (nSPS) is 17.4. The van der Waals surface area contributed by atoms with E-state index in [1.54, 1.807) is 0 Å². The maximum Gasteiger partial charge on any atom is 0.414 e. The van der Waals surface area contributed by atoms with Gasteiger partial charge in [0.05, 0.1) is 4.47 Å². The monoisotopic (exact) mass is 415 g/mol. The lowest BCUT2D eigenvalue weighted by molar-refractivity contribution is -0.159. The lowest BCUT2D eigenvalue weighted by Gasteiger charge is -2.30. The Labute approximate surface area is 156 Å². The van der Waals surface area contributed by atoms with Crippen LogP contribution < -0.4 is 4.74 Å². The number of aryl methyl sites for hydroxylation is 2. The highest BCUT2D eigenvalue weighted by Gasteiger charge is 2.16. The molecule has 0 aliphatic carbocycles. The molecule has 25 heavy (non-hydrogen) atoms. The summed E-state index contributed by atoms with van der Waals surface area (Å²) in [6.07, 6.45) is 2.70. The highest BCUT2D eigenvalue weighted by atomic mass is 79.9. The largest absolute Gasteiger partial charge is 0.491 e. The Morgan fingerprint density at radius 1 is 1.28 bits per heavy atom. The zero-order valence-electron chi connectivity index (χ0n) is 14.9. The van der Waals surface area contributed by atoms with Gasteiger partial charge in [0.1, 0.15) is 12.4 Å². The summed E-state index contributed by atoms with van der Waals surface area (Å²) in [6, 6.07) is 4.29. The smallest absolute Gasteiger partial charge is 0.414 e. The number of nitrogens with zero attached hydrogens (tertiary/aromatic N) is 1. The molecule has 0 amide bonds. The molecule has 1 atom stereocenters. The van der Waals surface area contributed by atoms with Crippen LogP contribution in [-0.2, 0) is 9.59 Å². The lowest BCUT2D eigenvalue weighted by atomic mass is 10.0. The van der Waals surface area contributed by atoms with Crippen molar-refractivity contribution in [2.24, 2.45) is 5.92 Å². The average Bonchev–Trinajstić information content (AvgIpc) is 2.50. The Morgan fingerprint density at radius 3 is 2.44 bits per heavy atom. The SMILES string of the molecule is Cc1cc(C)c(OCCN2CCCC(C)C2)c(Br)c1.O=C(O)C(=O)O. The van der Waals surface area contributed by atoms with Gasteiger partial charge in [-0.15, -0.1) is 0 Å². The first kappa shape index (κ1) is 21.4. The van der Waals surface area contributed by atoms with E-state index in [0.29, 0.717) is 0 Å². The Balaban J connectivity index is 0.000000450. The fraction of sp³-hybridized carbons (Fsp3) is 0.556. The zero-order valence-corrected chi connectivity index (χ0v) is 16.5. The molecule has 1 aliphatic rings. The van der Waals surface area contributed by atoms with Crippen LogP contribution in [0.5, 0.6) is 5.75 Å². The van der Waals surface area contributed by atoms with E-state index in [4.69, 9.17) is 24.5 Å². The van der Waals surface area contributed by atoms with Gasteiger partial charge in [-0.3, -0.25) is 4.90 Å². The highest BCUT2D eigenvalue weighted by Crippen LogP contribution is 2.30. The number of ether oxygens (including phenoxy) is 1. The van der Waals surface area contributed by atoms with E-state index < -0.39 is 11.9 Å². The first-order valence-corrected chi connectivity index (χ1v) is 9.08. The van der Waals surface area contributed by atoms with Crippen molar-refractivity contribution >= 4 is 27.9 Å². The van der Waals surface area contributed by atoms with Crippen LogP contribution in [0.2, 0.25) is 0 Å². The molecule has 1 aromatic rings. The number of piperidine rings is 1. The number of benzene rings is 1. The number of aliphatic carboxylic acids is 2. The Hall–Kier alpha value is -1.60. The van der Waals surface area contributed by atoms with Gasteiger partial charge >= 0.3 is 11.9 Å². The predicted octanol–water partition coefficient (Wildman–Crippen LogP) is 3.33. The van der Waals surface area contributed by atoms with Crippen molar-refractivity contribution in [3.05, 3.63) is 27.7 Å². The molecule has 1 saturated heterocycles. The molecule has 7 heteroatoms. The molecule has 0 saturated carbocycles. The number of likely N-dealkylation sites (tertiary alicyclic amines) is 1. The summed E-state index contributed by atoms with van der Waals surface area (Å²) in [4.78, 5) is 20.7. The Bertz CT molecular complexity index is 570. The summed E-state index contributed by atoms with van der Waals surface area (Å²) in [5.41, 5.74) is 2.47. The van der Waals surface area contributed by atoms with Crippen molar-refractivity contribution in [1.82, 2.24) is 4.90 Å². The predicted molar refractivity (Wildman–Crippen MR) is 99.2 cm³/mol. The second-order valence-corrected chi connectivity index (χ2v) is 7.25. The fourth-order valence-corrected chi connectivity index (χ4v) is 3.64. The summed E-state index contributed by atoms with van der Waals surface area (Å²) in [5, 5.41) is 14.8. The molecule has 1 unspecified atom stereocenters. The van der Waals surface area contributed by atoms with E-state index in [-0.39, 0.29) is 0 Å². The number of carbonyl (C=O) groups is 2. The van der Waals surface area contributed by atoms with Gasteiger partial charge in [0.2, 0.25) is 0 Å². The van der Waals surface area contributed by atoms with Gasteiger partial charge in [-0.25, -0.2) is 9.59 Å². The van der Waals surface area contributed by atoms with Gasteiger partial charge in [0.15, 0.2) is 0 Å². The molecule has 0 spiro atoms. The molecular weight excluding hydrogens is 390 g/mol. The molecule has 1 aliphatic heterocycles. The standard InChI is InChI=1S/C16H24BrNO.C2H2O4/c1-12-5-4-6-18(11-12)7-8-19-16-14(3)9-13(2)10-15(16)17;3-1(4)2(5)6/h9-10,12H,4-8,11H2,1-3H3;(H,3,4)(H,5,6). The zero-order chi connectivity index (χ0) is 19.0. The van der Waals surface area contributed by atoms with E-state index in [1.807, 2.05) is 0 Å². The second-order valence-electron chi connectivity index (χ2n) is 6.40. The lowest BCUT2D eigenvalue weighted by Crippen LogP contribution is -2.37. The topological polar surface area (TPSA) is 87.1 Å². The number of rotatable bonds is 4. The van der Waals surface area contributed by atoms with Gasteiger partial charge in [-0.2, -0.15) is 0 Å². The van der Waals surface area contributed by atoms with Gasteiger partial charge in [0, 0.05) is 13.1 Å². The van der Waals surface area contributed by atoms with Crippen molar-refractivity contribution in [1.29, 1.82) is 0 Å². The molecule has 1 heterocycles. The molecule has 1 fully saturated rings. The molecule has 1 aromatic carbocycles. The van der Waals surface area contributed by atoms with Crippen LogP contribution in [0.3, 0.4) is 0 Å². The molecule has 0 aromatic heterocycles. The minimum atomic E-state index is -1.82. The van der Waals surface area contributed by atoms with Crippen molar-refractivity contribution in [2.45, 2.75) is 33.6 Å². The van der Waals surface area contributed by atoms with Crippen LogP contribution in [0.25, 0.3) is 0 Å². The number of carboxylic acids is 2. The summed E-state index contributed by atoms with van der Waals surface area (Å²) in [5.74, 6) is -1.82. The minimum absolute atomic E-state index is 0.773. The number of hydrogen-bond donors (Lipinski definition) is 2. The van der Waals surface area contributed by atoms with Crippen LogP contribution >= 0.6 is 15.9 Å². The maximum absolute atomic E-state index is 9.10. The minimum Gasteiger partial charge on any atom is -0.491 e. The van der Waals surface area contributed by atoms with E-state index in [2.05, 4.69) is 53.7 Å². The van der Waals surface area contributed by atoms with Crippen molar-refractivity contribution in [2.75, 3.05) is 26.2 Å². The van der Waals surface area contributed by atoms with Gasteiger partial charge in [0.25, 0.3) is 0 Å². The molecule has 140 valence electrons. The third-order valence-electron chi connectivity index (χ3n) is 3.95. The van der Waals surface area contributed by atoms with E-state index in [9.17, 15) is 0 Å². The van der Waals surface area contributed by atoms with Crippen molar-refractivity contribution < 1.29 is 24.5 Å². The Morgan fingerprint density at radius 2 is 1.92 bits per heavy atom. The van der Waals surface area contributed by atoms with Crippen molar-refractivity contribution in [3.63, 3.8) is 0 Å². The molecule has 2 rings (SSSR count). The van der Waals surface area contributed by atoms with Crippen LogP contribution in [0.1, 0.15) is 30.9 Å². The molecule has 2 N–H and O–H groups in total. The van der Waals surface area contributed by atoms with Crippen molar-refractivity contribution in [3.8, 4) is 5.75 Å². The summed E-state index contributed by atoms with van der Waals surface area (Å²) >= 11 is 3.60. The number of carboxylic acid groups (broad SMARTS) is 2. The number of halogens is 1. The first-order valence-electron chi connectivity index (χ1n) is 8.28. The number of hydrogen-bond acceptors (Lipinski definition) is 4. The van der Waals surface area contributed by atoms with Crippen LogP contribution in [-0.4, -0.2) is 53.3 Å². The van der Waals surface area contributed by atoms with E-state index >= 15 is 0 Å². The van der Waals surface area contributed by atoms with Gasteiger partial charge < -0.3 is 14.9 Å². The Kier molecular flexibility index (Phi) is 8.92. The van der Waals surface area contributed by atoms with Crippen LogP contribution in [0.15, 0.2) is 16.6 Å². The molecule has 6 nitrogen and oxygen atoms in total. The third-order valence-corrected chi connectivity index (χ3v) is 4.54. The van der Waals surface area contributed by atoms with Gasteiger partial charge in [-0.1, -0.05) is 13.0 Å². The van der Waals surface area contributed by atoms with E-state index in [0.717, 1.165) is 29.3 Å². The summed E-state index contributed by atoms with van der Waals surface area (Å²) in [7, 11) is 0. The fourth-order valence-electron chi connectivity index (χ4n) is 2.85. The summed E-state index contributed by atoms with van der Waals surface area (Å²) < 4.78 is 7.04. The maximum atomic E-state index is 9.10. The quantitative estimate of drug-likeness (QED) is 0.733. The summed E-state index contributed by atoms with van der Waals surface area (Å²) in [6.45, 7) is 10.8. The molecule has 0 bridgehead atoms. The first-order chi connectivity index (χ1) is 11.7. The average molecular weight is 416 g/mol. The molecule has 0 radical (unpaired) electrons. The van der Waals surface area contributed by atoms with Gasteiger partial charge in [-0.05, 0) is 72.3 Å². The molecular formula is C18H26BrNO5. The second kappa shape index (κ2) is 10.4. The van der Waals surface area contributed by atoms with Crippen LogP contribution in [0.4, 0.5) is 0 Å². The third kappa shape index (κ3) is 7.88.